The Morgan fingerprint density at radius 2 is 2.17 bits per heavy atom. The third kappa shape index (κ3) is 5.53. The first-order chi connectivity index (χ1) is 8.29. The number of allylic oxidation sites excluding steroid dienone is 1. The predicted octanol–water partition coefficient (Wildman–Crippen LogP) is 2.39. The summed E-state index contributed by atoms with van der Waals surface area (Å²) in [5.74, 6) is 1.61. The van der Waals surface area contributed by atoms with Crippen molar-refractivity contribution in [3.05, 3.63) is 11.6 Å². The molecule has 0 amide bonds. The van der Waals surface area contributed by atoms with E-state index < -0.39 is 9.84 Å². The van der Waals surface area contributed by atoms with Gasteiger partial charge in [-0.15, -0.1) is 0 Å². The van der Waals surface area contributed by atoms with Crippen LogP contribution < -0.4 is 5.32 Å². The number of sulfone groups is 1. The number of hydrogen-bond acceptors (Lipinski definition) is 3. The van der Waals surface area contributed by atoms with E-state index in [0.29, 0.717) is 12.3 Å². The summed E-state index contributed by atoms with van der Waals surface area (Å²) >= 11 is 0. The highest BCUT2D eigenvalue weighted by Gasteiger charge is 2.22. The Balaban J connectivity index is 2.35. The van der Waals surface area contributed by atoms with Crippen molar-refractivity contribution < 1.29 is 8.42 Å². The number of nitrogens with one attached hydrogen (secondary N) is 1. The third-order valence-corrected chi connectivity index (χ3v) is 4.95. The zero-order valence-electron chi connectivity index (χ0n) is 12.1. The van der Waals surface area contributed by atoms with Crippen LogP contribution in [0.4, 0.5) is 0 Å². The fourth-order valence-corrected chi connectivity index (χ4v) is 3.34. The Kier molecular flexibility index (Phi) is 5.86. The molecule has 1 aliphatic rings. The molecule has 3 nitrogen and oxygen atoms in total. The van der Waals surface area contributed by atoms with Gasteiger partial charge in [0.1, 0.15) is 9.84 Å². The van der Waals surface area contributed by atoms with Crippen molar-refractivity contribution in [2.45, 2.75) is 46.1 Å². The smallest absolute Gasteiger partial charge is 0.147 e. The van der Waals surface area contributed by atoms with Crippen LogP contribution in [-0.2, 0) is 9.84 Å². The van der Waals surface area contributed by atoms with E-state index in [4.69, 9.17) is 0 Å². The average Bonchev–Trinajstić information content (AvgIpc) is 2.25. The predicted molar refractivity (Wildman–Crippen MR) is 77.4 cm³/mol. The van der Waals surface area contributed by atoms with Crippen LogP contribution in [0.3, 0.4) is 0 Å². The first-order valence-electron chi connectivity index (χ1n) is 6.87. The van der Waals surface area contributed by atoms with Gasteiger partial charge in [-0.05, 0) is 44.9 Å². The lowest BCUT2D eigenvalue weighted by Gasteiger charge is -2.30. The quantitative estimate of drug-likeness (QED) is 0.756. The van der Waals surface area contributed by atoms with Crippen LogP contribution in [-0.4, -0.2) is 33.0 Å². The van der Waals surface area contributed by atoms with Gasteiger partial charge in [-0.1, -0.05) is 18.6 Å². The van der Waals surface area contributed by atoms with Crippen LogP contribution >= 0.6 is 0 Å². The van der Waals surface area contributed by atoms with E-state index in [-0.39, 0.29) is 11.8 Å². The molecule has 0 saturated carbocycles. The molecule has 18 heavy (non-hydrogen) atoms. The molecule has 0 bridgehead atoms. The Morgan fingerprint density at radius 3 is 2.72 bits per heavy atom. The minimum Gasteiger partial charge on any atom is -0.314 e. The Labute approximate surface area is 112 Å². The number of hydrogen-bond donors (Lipinski definition) is 1. The van der Waals surface area contributed by atoms with Gasteiger partial charge in [-0.3, -0.25) is 0 Å². The van der Waals surface area contributed by atoms with Crippen molar-refractivity contribution in [2.75, 3.05) is 18.6 Å². The van der Waals surface area contributed by atoms with Crippen LogP contribution in [0.5, 0.6) is 0 Å². The van der Waals surface area contributed by atoms with Crippen LogP contribution in [0.15, 0.2) is 11.6 Å². The Hall–Kier alpha value is -0.350. The molecule has 0 aliphatic heterocycles. The second-order valence-corrected chi connectivity index (χ2v) is 8.10. The number of rotatable bonds is 6. The largest absolute Gasteiger partial charge is 0.314 e. The van der Waals surface area contributed by atoms with Crippen molar-refractivity contribution in [2.24, 2.45) is 11.8 Å². The van der Waals surface area contributed by atoms with E-state index in [0.717, 1.165) is 12.5 Å². The third-order valence-electron chi connectivity index (χ3n) is 3.97. The van der Waals surface area contributed by atoms with E-state index in [1.807, 2.05) is 0 Å². The second kappa shape index (κ2) is 6.71. The molecule has 0 spiro atoms. The van der Waals surface area contributed by atoms with Gasteiger partial charge in [0.05, 0.1) is 5.75 Å². The normalized spacial score (nSPS) is 26.8. The van der Waals surface area contributed by atoms with Gasteiger partial charge in [-0.2, -0.15) is 0 Å². The van der Waals surface area contributed by atoms with Crippen molar-refractivity contribution in [3.63, 3.8) is 0 Å². The Morgan fingerprint density at radius 1 is 1.50 bits per heavy atom. The zero-order chi connectivity index (χ0) is 13.8. The van der Waals surface area contributed by atoms with Crippen molar-refractivity contribution in [1.29, 1.82) is 0 Å². The molecule has 0 heterocycles. The lowest BCUT2D eigenvalue weighted by Crippen LogP contribution is -2.36. The maximum Gasteiger partial charge on any atom is 0.147 e. The van der Waals surface area contributed by atoms with Crippen molar-refractivity contribution >= 4 is 9.84 Å². The molecule has 3 unspecified atom stereocenters. The van der Waals surface area contributed by atoms with Crippen LogP contribution in [0.2, 0.25) is 0 Å². The molecule has 0 aromatic rings. The van der Waals surface area contributed by atoms with E-state index in [1.54, 1.807) is 0 Å². The van der Waals surface area contributed by atoms with Gasteiger partial charge in [0.15, 0.2) is 0 Å². The lowest BCUT2D eigenvalue weighted by molar-refractivity contribution is 0.336. The molecule has 0 fully saturated rings. The summed E-state index contributed by atoms with van der Waals surface area (Å²) in [6.07, 6.45) is 6.81. The topological polar surface area (TPSA) is 46.2 Å². The summed E-state index contributed by atoms with van der Waals surface area (Å²) in [6.45, 7) is 7.55. The highest BCUT2D eigenvalue weighted by atomic mass is 32.2. The molecule has 4 heteroatoms. The molecule has 1 rings (SSSR count). The van der Waals surface area contributed by atoms with Gasteiger partial charge in [0, 0.05) is 18.8 Å². The highest BCUT2D eigenvalue weighted by Crippen LogP contribution is 2.29. The molecule has 106 valence electrons. The summed E-state index contributed by atoms with van der Waals surface area (Å²) < 4.78 is 22.2. The van der Waals surface area contributed by atoms with Gasteiger partial charge < -0.3 is 5.32 Å². The van der Waals surface area contributed by atoms with Crippen LogP contribution in [0, 0.1) is 11.8 Å². The summed E-state index contributed by atoms with van der Waals surface area (Å²) in [5, 5.41) is 3.48. The summed E-state index contributed by atoms with van der Waals surface area (Å²) in [4.78, 5) is 0. The van der Waals surface area contributed by atoms with E-state index >= 15 is 0 Å². The van der Waals surface area contributed by atoms with E-state index in [1.165, 1.54) is 24.7 Å². The second-order valence-electron chi connectivity index (χ2n) is 5.84. The highest BCUT2D eigenvalue weighted by molar-refractivity contribution is 7.90. The fourth-order valence-electron chi connectivity index (χ4n) is 2.56. The van der Waals surface area contributed by atoms with E-state index in [2.05, 4.69) is 32.2 Å². The van der Waals surface area contributed by atoms with Crippen LogP contribution in [0.25, 0.3) is 0 Å². The minimum absolute atomic E-state index is 0.265. The maximum absolute atomic E-state index is 11.1. The van der Waals surface area contributed by atoms with Gasteiger partial charge >= 0.3 is 0 Å². The summed E-state index contributed by atoms with van der Waals surface area (Å²) in [6, 6.07) is 0.265. The monoisotopic (exact) mass is 273 g/mol. The standard InChI is InChI=1S/C14H27NO2S/c1-11-6-5-7-12(2)14(11)10-15-13(3)8-9-18(4,16)17/h6,12-15H,5,7-10H2,1-4H3. The molecule has 0 radical (unpaired) electrons. The fraction of sp³-hybridized carbons (Fsp3) is 0.857. The van der Waals surface area contributed by atoms with Crippen LogP contribution in [0.1, 0.15) is 40.0 Å². The van der Waals surface area contributed by atoms with Gasteiger partial charge in [0.2, 0.25) is 0 Å². The molecule has 3 atom stereocenters. The SMILES string of the molecule is CC1=CCCC(C)C1CNC(C)CCS(C)(=O)=O. The maximum atomic E-state index is 11.1. The van der Waals surface area contributed by atoms with Crippen molar-refractivity contribution in [1.82, 2.24) is 5.32 Å². The molecular weight excluding hydrogens is 246 g/mol. The lowest BCUT2D eigenvalue weighted by atomic mass is 9.80. The molecule has 0 aromatic heterocycles. The molecule has 0 saturated heterocycles. The summed E-state index contributed by atoms with van der Waals surface area (Å²) in [5.41, 5.74) is 1.48. The first kappa shape index (κ1) is 15.7. The van der Waals surface area contributed by atoms with E-state index in [9.17, 15) is 8.42 Å². The molecular formula is C14H27NO2S. The Bertz CT molecular complexity index is 387. The first-order valence-corrected chi connectivity index (χ1v) is 8.93. The summed E-state index contributed by atoms with van der Waals surface area (Å²) in [7, 11) is -2.84. The minimum atomic E-state index is -2.84. The average molecular weight is 273 g/mol. The molecule has 0 aromatic carbocycles. The zero-order valence-corrected chi connectivity index (χ0v) is 12.9. The molecule has 1 aliphatic carbocycles. The van der Waals surface area contributed by atoms with Crippen molar-refractivity contribution in [3.8, 4) is 0 Å². The molecule has 1 N–H and O–H groups in total. The van der Waals surface area contributed by atoms with Gasteiger partial charge in [-0.25, -0.2) is 8.42 Å². The van der Waals surface area contributed by atoms with Gasteiger partial charge in [0.25, 0.3) is 0 Å².